The van der Waals surface area contributed by atoms with Gasteiger partial charge in [-0.05, 0) is 51.2 Å². The van der Waals surface area contributed by atoms with Crippen molar-refractivity contribution in [3.05, 3.63) is 71.8 Å². The Balaban J connectivity index is 1.51. The topological polar surface area (TPSA) is 54.5 Å². The summed E-state index contributed by atoms with van der Waals surface area (Å²) in [5, 5.41) is 8.86. The van der Waals surface area contributed by atoms with Gasteiger partial charge in [0.2, 0.25) is 0 Å². The lowest BCUT2D eigenvalue weighted by Gasteiger charge is -2.26. The summed E-state index contributed by atoms with van der Waals surface area (Å²) in [6.07, 6.45) is 8.98. The highest BCUT2D eigenvalue weighted by atomic mass is 19.1. The van der Waals surface area contributed by atoms with Crippen LogP contribution in [0.5, 0.6) is 0 Å². The van der Waals surface area contributed by atoms with Crippen molar-refractivity contribution in [2.45, 2.75) is 25.4 Å². The maximum absolute atomic E-state index is 14.4. The minimum Gasteiger partial charge on any atom is -0.349 e. The molecule has 5 rings (SSSR count). The van der Waals surface area contributed by atoms with Gasteiger partial charge in [0.15, 0.2) is 5.65 Å². The molecule has 0 N–H and O–H groups in total. The first-order chi connectivity index (χ1) is 15.0. The predicted molar refractivity (Wildman–Crippen MR) is 113 cm³/mol. The molecule has 0 spiro atoms. The Bertz CT molecular complexity index is 1230. The van der Waals surface area contributed by atoms with Gasteiger partial charge in [-0.1, -0.05) is 0 Å². The van der Waals surface area contributed by atoms with Gasteiger partial charge in [0.1, 0.15) is 23.1 Å². The molecule has 1 aliphatic rings. The predicted octanol–water partition coefficient (Wildman–Crippen LogP) is 3.60. The lowest BCUT2D eigenvalue weighted by molar-refractivity contribution is 0.402. The molecule has 160 valence electrons. The van der Waals surface area contributed by atoms with Crippen LogP contribution in [0.1, 0.15) is 30.0 Å². The van der Waals surface area contributed by atoms with E-state index in [0.717, 1.165) is 43.2 Å². The van der Waals surface area contributed by atoms with Crippen LogP contribution in [0.3, 0.4) is 0 Å². The van der Waals surface area contributed by atoms with Gasteiger partial charge in [-0.15, -0.1) is 0 Å². The zero-order valence-electron chi connectivity index (χ0n) is 17.4. The lowest BCUT2D eigenvalue weighted by Crippen LogP contribution is -2.24. The average Bonchev–Trinajstić information content (AvgIpc) is 3.47. The van der Waals surface area contributed by atoms with Crippen LogP contribution in [0.2, 0.25) is 0 Å². The molecule has 0 amide bonds. The lowest BCUT2D eigenvalue weighted by atomic mass is 10.0. The summed E-state index contributed by atoms with van der Waals surface area (Å²) in [5.41, 5.74) is 2.87. The number of nitrogens with zero attached hydrogens (tertiary/aromatic N) is 7. The van der Waals surface area contributed by atoms with Gasteiger partial charge in [0.05, 0.1) is 18.4 Å². The Morgan fingerprint density at radius 2 is 2.00 bits per heavy atom. The normalized spacial score (nSPS) is 16.7. The number of aromatic nitrogens is 5. The number of fused-ring (bicyclic) bond motifs is 1. The summed E-state index contributed by atoms with van der Waals surface area (Å²) >= 11 is 0. The maximum Gasteiger partial charge on any atom is 0.183 e. The third kappa shape index (κ3) is 3.65. The van der Waals surface area contributed by atoms with Gasteiger partial charge >= 0.3 is 0 Å². The molecule has 3 aromatic heterocycles. The van der Waals surface area contributed by atoms with Crippen LogP contribution < -0.4 is 4.90 Å². The van der Waals surface area contributed by atoms with E-state index in [9.17, 15) is 8.78 Å². The zero-order valence-corrected chi connectivity index (χ0v) is 17.4. The van der Waals surface area contributed by atoms with Crippen LogP contribution in [-0.4, -0.2) is 49.9 Å². The van der Waals surface area contributed by atoms with Crippen molar-refractivity contribution >= 4 is 11.5 Å². The molecule has 1 atom stereocenters. The van der Waals surface area contributed by atoms with E-state index in [1.54, 1.807) is 15.4 Å². The molecule has 0 radical (unpaired) electrons. The second kappa shape index (κ2) is 7.73. The number of halogens is 2. The Hall–Kier alpha value is -3.33. The first kappa shape index (κ1) is 19.6. The third-order valence-electron chi connectivity index (χ3n) is 5.58. The molecule has 31 heavy (non-hydrogen) atoms. The van der Waals surface area contributed by atoms with E-state index >= 15 is 0 Å². The average molecular weight is 423 g/mol. The van der Waals surface area contributed by atoms with Crippen LogP contribution >= 0.6 is 0 Å². The minimum atomic E-state index is -0.433. The summed E-state index contributed by atoms with van der Waals surface area (Å²) in [4.78, 5) is 8.94. The van der Waals surface area contributed by atoms with Crippen LogP contribution in [0.25, 0.3) is 11.3 Å². The molecule has 0 bridgehead atoms. The van der Waals surface area contributed by atoms with Gasteiger partial charge in [-0.3, -0.25) is 0 Å². The fourth-order valence-electron chi connectivity index (χ4n) is 4.24. The van der Waals surface area contributed by atoms with Crippen molar-refractivity contribution in [2.75, 3.05) is 25.5 Å². The second-order valence-electron chi connectivity index (χ2n) is 8.13. The van der Waals surface area contributed by atoms with E-state index < -0.39 is 11.6 Å². The first-order valence-electron chi connectivity index (χ1n) is 10.2. The maximum atomic E-state index is 14.4. The smallest absolute Gasteiger partial charge is 0.183 e. The molecule has 9 heteroatoms. The van der Waals surface area contributed by atoms with Crippen LogP contribution in [0.15, 0.2) is 49.1 Å². The van der Waals surface area contributed by atoms with Crippen LogP contribution in [-0.2, 0) is 6.54 Å². The highest BCUT2D eigenvalue weighted by Gasteiger charge is 2.30. The molecule has 1 aromatic carbocycles. The molecular weight excluding hydrogens is 400 g/mol. The van der Waals surface area contributed by atoms with E-state index in [1.807, 2.05) is 43.7 Å². The summed E-state index contributed by atoms with van der Waals surface area (Å²) in [7, 11) is 4.02. The molecule has 4 aromatic rings. The van der Waals surface area contributed by atoms with Crippen molar-refractivity contribution in [1.29, 1.82) is 0 Å². The molecule has 1 fully saturated rings. The standard InChI is InChI=1S/C22H23F2N7/c1-28(2)13-15-11-25-31(14-15)20-12-26-30-9-7-21(27-22(20)30)29-8-3-4-19(29)17-10-16(23)5-6-18(17)24/h5-7,9-12,14,19H,3-4,8,13H2,1-2H3/t19-/m0/s1. The van der Waals surface area contributed by atoms with E-state index in [1.165, 1.54) is 12.1 Å². The Morgan fingerprint density at radius 3 is 2.84 bits per heavy atom. The van der Waals surface area contributed by atoms with Gasteiger partial charge in [0, 0.05) is 36.6 Å². The van der Waals surface area contributed by atoms with Gasteiger partial charge in [0.25, 0.3) is 0 Å². The monoisotopic (exact) mass is 423 g/mol. The van der Waals surface area contributed by atoms with Gasteiger partial charge < -0.3 is 9.80 Å². The quantitative estimate of drug-likeness (QED) is 0.491. The summed E-state index contributed by atoms with van der Waals surface area (Å²) < 4.78 is 31.7. The summed E-state index contributed by atoms with van der Waals surface area (Å²) in [5.74, 6) is -0.118. The fourth-order valence-corrected chi connectivity index (χ4v) is 4.24. The molecular formula is C22H23F2N7. The van der Waals surface area contributed by atoms with Crippen molar-refractivity contribution in [3.8, 4) is 5.69 Å². The van der Waals surface area contributed by atoms with Crippen molar-refractivity contribution in [2.24, 2.45) is 0 Å². The fraction of sp³-hybridized carbons (Fsp3) is 0.318. The number of hydrogen-bond acceptors (Lipinski definition) is 5. The largest absolute Gasteiger partial charge is 0.349 e. The molecule has 1 saturated heterocycles. The summed E-state index contributed by atoms with van der Waals surface area (Å²) in [6, 6.07) is 5.23. The van der Waals surface area contributed by atoms with Crippen molar-refractivity contribution < 1.29 is 8.78 Å². The highest BCUT2D eigenvalue weighted by molar-refractivity contribution is 5.61. The minimum absolute atomic E-state index is 0.256. The molecule has 7 nitrogen and oxygen atoms in total. The van der Waals surface area contributed by atoms with Crippen LogP contribution in [0.4, 0.5) is 14.6 Å². The number of rotatable bonds is 5. The second-order valence-corrected chi connectivity index (χ2v) is 8.13. The Kier molecular flexibility index (Phi) is 4.90. The van der Waals surface area contributed by atoms with E-state index in [-0.39, 0.29) is 6.04 Å². The Morgan fingerprint density at radius 1 is 1.13 bits per heavy atom. The molecule has 0 saturated carbocycles. The first-order valence-corrected chi connectivity index (χ1v) is 10.2. The third-order valence-corrected chi connectivity index (χ3v) is 5.58. The summed E-state index contributed by atoms with van der Waals surface area (Å²) in [6.45, 7) is 1.51. The van der Waals surface area contributed by atoms with E-state index in [2.05, 4.69) is 15.1 Å². The van der Waals surface area contributed by atoms with E-state index in [4.69, 9.17) is 4.98 Å². The van der Waals surface area contributed by atoms with Crippen molar-refractivity contribution in [1.82, 2.24) is 29.3 Å². The Labute approximate surface area is 178 Å². The highest BCUT2D eigenvalue weighted by Crippen LogP contribution is 2.37. The molecule has 1 aliphatic heterocycles. The van der Waals surface area contributed by atoms with Crippen LogP contribution in [0, 0.1) is 11.6 Å². The SMILES string of the molecule is CN(C)Cc1cnn(-c2cnn3ccc(N4CCC[C@H]4c4cc(F)ccc4F)nc23)c1. The number of benzene rings is 1. The number of hydrogen-bond donors (Lipinski definition) is 0. The van der Waals surface area contributed by atoms with Gasteiger partial charge in [-0.2, -0.15) is 10.2 Å². The zero-order chi connectivity index (χ0) is 21.5. The molecule has 4 heterocycles. The number of anilines is 1. The molecule has 0 unspecified atom stereocenters. The molecule has 0 aliphatic carbocycles. The van der Waals surface area contributed by atoms with E-state index in [0.29, 0.717) is 17.0 Å². The van der Waals surface area contributed by atoms with Crippen molar-refractivity contribution in [3.63, 3.8) is 0 Å². The van der Waals surface area contributed by atoms with Gasteiger partial charge in [-0.25, -0.2) is 23.0 Å².